The molecule has 0 aliphatic carbocycles. The van der Waals surface area contributed by atoms with Crippen LogP contribution in [0.2, 0.25) is 0 Å². The maximum Gasteiger partial charge on any atom is 0.304 e. The molecule has 0 amide bonds. The van der Waals surface area contributed by atoms with Crippen LogP contribution in [0, 0.1) is 0 Å². The molecule has 0 aliphatic rings. The second-order valence-electron chi connectivity index (χ2n) is 2.34. The predicted octanol–water partition coefficient (Wildman–Crippen LogP) is 0.643. The maximum absolute atomic E-state index is 11.4. The summed E-state index contributed by atoms with van der Waals surface area (Å²) in [6.45, 7) is 2.76. The lowest BCUT2D eigenvalue weighted by atomic mass is 10.1. The molecule has 0 radical (unpaired) electrons. The minimum absolute atomic E-state index is 0.424. The van der Waals surface area contributed by atoms with Crippen LogP contribution in [-0.2, 0) is 4.79 Å². The van der Waals surface area contributed by atoms with Gasteiger partial charge >= 0.3 is 6.04 Å². The molecular weight excluding hydrogens is 111 g/mol. The van der Waals surface area contributed by atoms with Crippen LogP contribution in [0.4, 0.5) is 4.39 Å². The molecule has 0 saturated carbocycles. The highest BCUT2D eigenvalue weighted by Crippen LogP contribution is 2.07. The Morgan fingerprint density at radius 3 is 2.12 bits per heavy atom. The van der Waals surface area contributed by atoms with Crippen molar-refractivity contribution >= 4 is 6.04 Å². The van der Waals surface area contributed by atoms with Gasteiger partial charge in [-0.25, -0.2) is 0 Å². The zero-order chi connectivity index (χ0) is 6.78. The number of halogens is 1. The summed E-state index contributed by atoms with van der Waals surface area (Å²) < 4.78 is 11.4. The molecular formula is C5H9FO2. The third-order valence-corrected chi connectivity index (χ3v) is 0.572. The molecule has 0 atom stereocenters. The molecule has 0 rings (SSSR count). The molecule has 0 aromatic heterocycles. The fourth-order valence-corrected chi connectivity index (χ4v) is 0.340. The molecule has 0 bridgehead atoms. The molecule has 0 spiro atoms. The lowest BCUT2D eigenvalue weighted by Gasteiger charge is -2.11. The number of hydrogen-bond acceptors (Lipinski definition) is 2. The molecule has 3 heteroatoms. The van der Waals surface area contributed by atoms with Crippen molar-refractivity contribution in [3.05, 3.63) is 0 Å². The van der Waals surface area contributed by atoms with Gasteiger partial charge in [0, 0.05) is 0 Å². The van der Waals surface area contributed by atoms with E-state index in [1.165, 1.54) is 13.8 Å². The SMILES string of the molecule is CC(C)(O)CC(=O)F. The molecule has 0 aromatic carbocycles. The monoisotopic (exact) mass is 120 g/mol. The minimum Gasteiger partial charge on any atom is -0.390 e. The van der Waals surface area contributed by atoms with Crippen molar-refractivity contribution in [1.82, 2.24) is 0 Å². The lowest BCUT2D eigenvalue weighted by Crippen LogP contribution is -2.21. The van der Waals surface area contributed by atoms with E-state index in [4.69, 9.17) is 5.11 Å². The lowest BCUT2D eigenvalue weighted by molar-refractivity contribution is -0.133. The van der Waals surface area contributed by atoms with E-state index in [2.05, 4.69) is 0 Å². The standard InChI is InChI=1S/C5H9FO2/c1-5(2,8)3-4(6)7/h8H,3H2,1-2H3. The molecule has 2 nitrogen and oxygen atoms in total. The Kier molecular flexibility index (Phi) is 2.10. The summed E-state index contributed by atoms with van der Waals surface area (Å²) in [6, 6.07) is -1.47. The first kappa shape index (κ1) is 7.56. The highest BCUT2D eigenvalue weighted by molar-refractivity contribution is 5.68. The van der Waals surface area contributed by atoms with Crippen LogP contribution < -0.4 is 0 Å². The van der Waals surface area contributed by atoms with Crippen LogP contribution in [0.5, 0.6) is 0 Å². The Hall–Kier alpha value is -0.440. The molecule has 48 valence electrons. The fraction of sp³-hybridized carbons (Fsp3) is 0.800. The third-order valence-electron chi connectivity index (χ3n) is 0.572. The van der Waals surface area contributed by atoms with Gasteiger partial charge in [0.05, 0.1) is 12.0 Å². The molecule has 0 heterocycles. The summed E-state index contributed by atoms with van der Waals surface area (Å²) >= 11 is 0. The van der Waals surface area contributed by atoms with Gasteiger partial charge in [-0.3, -0.25) is 4.79 Å². The van der Waals surface area contributed by atoms with Crippen molar-refractivity contribution in [2.24, 2.45) is 0 Å². The summed E-state index contributed by atoms with van der Waals surface area (Å²) in [7, 11) is 0. The summed E-state index contributed by atoms with van der Waals surface area (Å²) in [5.41, 5.74) is -1.20. The van der Waals surface area contributed by atoms with Crippen LogP contribution in [0.15, 0.2) is 0 Å². The first-order chi connectivity index (χ1) is 3.42. The van der Waals surface area contributed by atoms with Gasteiger partial charge in [-0.2, -0.15) is 4.39 Å². The zero-order valence-electron chi connectivity index (χ0n) is 4.94. The molecule has 0 aromatic rings. The number of aliphatic hydroxyl groups is 1. The number of hydrogen-bond donors (Lipinski definition) is 1. The van der Waals surface area contributed by atoms with Gasteiger partial charge in [0.1, 0.15) is 0 Å². The van der Waals surface area contributed by atoms with Gasteiger partial charge in [0.25, 0.3) is 0 Å². The smallest absolute Gasteiger partial charge is 0.304 e. The van der Waals surface area contributed by atoms with E-state index in [9.17, 15) is 9.18 Å². The molecule has 1 N–H and O–H groups in total. The fourth-order valence-electron chi connectivity index (χ4n) is 0.340. The van der Waals surface area contributed by atoms with Gasteiger partial charge in [-0.15, -0.1) is 0 Å². The molecule has 0 saturated heterocycles. The number of carbonyl (C=O) groups excluding carboxylic acids is 1. The van der Waals surface area contributed by atoms with E-state index >= 15 is 0 Å². The minimum atomic E-state index is -1.47. The zero-order valence-corrected chi connectivity index (χ0v) is 4.94. The van der Waals surface area contributed by atoms with Gasteiger partial charge < -0.3 is 5.11 Å². The highest BCUT2D eigenvalue weighted by Gasteiger charge is 2.16. The van der Waals surface area contributed by atoms with E-state index < -0.39 is 18.1 Å². The van der Waals surface area contributed by atoms with E-state index in [-0.39, 0.29) is 0 Å². The van der Waals surface area contributed by atoms with E-state index in [1.807, 2.05) is 0 Å². The van der Waals surface area contributed by atoms with Gasteiger partial charge in [-0.05, 0) is 13.8 Å². The van der Waals surface area contributed by atoms with E-state index in [0.717, 1.165) is 0 Å². The average Bonchev–Trinajstić information content (AvgIpc) is 1.21. The van der Waals surface area contributed by atoms with Crippen LogP contribution in [0.3, 0.4) is 0 Å². The largest absolute Gasteiger partial charge is 0.390 e. The Labute approximate surface area is 47.3 Å². The molecule has 0 fully saturated rings. The summed E-state index contributed by atoms with van der Waals surface area (Å²) in [5, 5.41) is 8.73. The van der Waals surface area contributed by atoms with Crippen molar-refractivity contribution in [3.8, 4) is 0 Å². The van der Waals surface area contributed by atoms with E-state index in [1.54, 1.807) is 0 Å². The maximum atomic E-state index is 11.4. The van der Waals surface area contributed by atoms with Crippen molar-refractivity contribution < 1.29 is 14.3 Å². The van der Waals surface area contributed by atoms with Crippen molar-refractivity contribution in [3.63, 3.8) is 0 Å². The Morgan fingerprint density at radius 1 is 1.75 bits per heavy atom. The first-order valence-electron chi connectivity index (χ1n) is 2.32. The molecule has 0 aliphatic heterocycles. The normalized spacial score (nSPS) is 11.5. The van der Waals surface area contributed by atoms with Crippen LogP contribution in [-0.4, -0.2) is 16.7 Å². The first-order valence-corrected chi connectivity index (χ1v) is 2.32. The van der Waals surface area contributed by atoms with Crippen molar-refractivity contribution in [2.45, 2.75) is 25.9 Å². The summed E-state index contributed by atoms with van der Waals surface area (Å²) in [6.07, 6.45) is -0.424. The summed E-state index contributed by atoms with van der Waals surface area (Å²) in [5.74, 6) is 0. The van der Waals surface area contributed by atoms with Gasteiger partial charge in [-0.1, -0.05) is 0 Å². The molecule has 0 unspecified atom stereocenters. The predicted molar refractivity (Wildman–Crippen MR) is 27.0 cm³/mol. The molecule has 8 heavy (non-hydrogen) atoms. The Bertz CT molecular complexity index is 93.1. The van der Waals surface area contributed by atoms with Crippen LogP contribution in [0.1, 0.15) is 20.3 Å². The van der Waals surface area contributed by atoms with Crippen LogP contribution in [0.25, 0.3) is 0 Å². The second kappa shape index (κ2) is 2.22. The van der Waals surface area contributed by atoms with Gasteiger partial charge in [0.2, 0.25) is 0 Å². The Morgan fingerprint density at radius 2 is 2.12 bits per heavy atom. The quantitative estimate of drug-likeness (QED) is 0.543. The third kappa shape index (κ3) is 5.56. The topological polar surface area (TPSA) is 37.3 Å². The number of carbonyl (C=O) groups is 1. The van der Waals surface area contributed by atoms with Crippen LogP contribution >= 0.6 is 0 Å². The van der Waals surface area contributed by atoms with Gasteiger partial charge in [0.15, 0.2) is 0 Å². The second-order valence-corrected chi connectivity index (χ2v) is 2.34. The average molecular weight is 120 g/mol. The summed E-state index contributed by atoms with van der Waals surface area (Å²) in [4.78, 5) is 9.63. The number of rotatable bonds is 2. The Balaban J connectivity index is 3.55. The van der Waals surface area contributed by atoms with E-state index in [0.29, 0.717) is 0 Å². The van der Waals surface area contributed by atoms with Crippen molar-refractivity contribution in [1.29, 1.82) is 0 Å². The van der Waals surface area contributed by atoms with Crippen molar-refractivity contribution in [2.75, 3.05) is 0 Å². The highest BCUT2D eigenvalue weighted by atomic mass is 19.1.